The van der Waals surface area contributed by atoms with E-state index in [9.17, 15) is 0 Å². The molecule has 0 radical (unpaired) electrons. The molecule has 4 saturated carbocycles. The van der Waals surface area contributed by atoms with Crippen LogP contribution in [0.4, 0.5) is 34.1 Å². The van der Waals surface area contributed by atoms with E-state index in [0.717, 1.165) is 23.4 Å². The number of nitrogens with zero attached hydrogens (tertiary/aromatic N) is 3. The van der Waals surface area contributed by atoms with Crippen LogP contribution in [0.2, 0.25) is 0 Å². The summed E-state index contributed by atoms with van der Waals surface area (Å²) >= 11 is 0. The summed E-state index contributed by atoms with van der Waals surface area (Å²) in [6.07, 6.45) is 7.78. The molecule has 0 N–H and O–H groups in total. The molecule has 532 valence electrons. The lowest BCUT2D eigenvalue weighted by atomic mass is 9.33. The van der Waals surface area contributed by atoms with Gasteiger partial charge in [-0.1, -0.05) is 283 Å². The van der Waals surface area contributed by atoms with E-state index in [-0.39, 0.29) is 33.8 Å². The van der Waals surface area contributed by atoms with Gasteiger partial charge in [0.25, 0.3) is 6.71 Å². The average molecular weight is 1400 g/mol. The molecule has 0 amide bonds. The molecule has 0 atom stereocenters. The van der Waals surface area contributed by atoms with Crippen LogP contribution in [0.15, 0.2) is 285 Å². The lowest BCUT2D eigenvalue weighted by molar-refractivity contribution is -0.00514. The van der Waals surface area contributed by atoms with E-state index in [1.807, 2.05) is 0 Å². The largest absolute Gasteiger partial charge is 0.310 e. The van der Waals surface area contributed by atoms with Crippen LogP contribution in [0.1, 0.15) is 149 Å². The molecule has 0 spiro atoms. The fraction of sp³-hybridized carbons (Fsp3) is 0.250. The Balaban J connectivity index is 0.955. The molecule has 0 saturated heterocycles. The molecule has 14 aromatic rings. The first-order chi connectivity index (χ1) is 52.0. The number of hydrogen-bond donors (Lipinski definition) is 0. The first-order valence-electron chi connectivity index (χ1n) is 39.9. The van der Waals surface area contributed by atoms with Gasteiger partial charge in [-0.05, 0) is 257 Å². The maximum Gasteiger partial charge on any atom is 0.252 e. The molecule has 20 rings (SSSR count). The van der Waals surface area contributed by atoms with Gasteiger partial charge in [0.15, 0.2) is 0 Å². The van der Waals surface area contributed by atoms with Crippen LogP contribution in [0.25, 0.3) is 94.3 Å². The molecular weight excluding hydrogens is 1300 g/mol. The van der Waals surface area contributed by atoms with E-state index < -0.39 is 0 Å². The molecular formula is C104H98BN3. The fourth-order valence-electron chi connectivity index (χ4n) is 20.3. The second-order valence-electron chi connectivity index (χ2n) is 36.8. The fourth-order valence-corrected chi connectivity index (χ4v) is 20.3. The zero-order chi connectivity index (χ0) is 73.9. The van der Waals surface area contributed by atoms with Crippen molar-refractivity contribution < 1.29 is 0 Å². The molecule has 108 heavy (non-hydrogen) atoms. The predicted octanol–water partition coefficient (Wildman–Crippen LogP) is 26.5. The summed E-state index contributed by atoms with van der Waals surface area (Å²) in [6.45, 7) is 28.1. The molecule has 2 aliphatic heterocycles. The highest BCUT2D eigenvalue weighted by Crippen LogP contribution is 2.63. The van der Waals surface area contributed by atoms with E-state index in [1.165, 1.54) is 205 Å². The molecule has 4 aliphatic carbocycles. The van der Waals surface area contributed by atoms with Crippen LogP contribution < -0.4 is 26.2 Å². The van der Waals surface area contributed by atoms with Crippen molar-refractivity contribution in [1.29, 1.82) is 0 Å². The summed E-state index contributed by atoms with van der Waals surface area (Å²) < 4.78 is 2.53. The molecule has 4 bridgehead atoms. The standard InChI is InChI=1S/C104H98BN3/c1-100(2,3)77-43-47-91-87(55-77)88-56-78(101(4,5)6)44-48-92(88)106(91)82-40-28-39-74(52-82)75-42-46-93-90(53-75)105-89-45-41-76(69-29-18-13-19-30-69)54-94(89)108(99-85(72-35-24-16-25-36-72)59-80(103(10,11)12)60-86(99)73-37-26-17-27-38-73)96-62-81(104-63-66-49-67(64-104)51-68(50-66)65-104)61-95(97(96)105)107(93)98-83(70-31-20-14-21-32-70)57-79(102(7,8)9)58-84(98)71-33-22-15-23-34-71/h13-48,52-62,66-68H,49-51,63-65H2,1-12H3. The van der Waals surface area contributed by atoms with Crippen LogP contribution in [0.5, 0.6) is 0 Å². The van der Waals surface area contributed by atoms with E-state index in [0.29, 0.717) is 0 Å². The molecule has 13 aromatic carbocycles. The SMILES string of the molecule is CC(C)(C)c1cc(-c2ccccc2)c(N2c3ccc(-c4cccc(-n5c6ccc(C(C)(C)C)cc6c6cc(C(C)(C)C)ccc65)c4)cc3B3c4ccc(-c5ccccc5)cc4N(c4c(-c5ccccc5)cc(C(C)(C)C)cc4-c4ccccc4)c4cc(C56CC7CC(CC(C7)C5)C6)cc2c43)c(-c2ccccc2)c1. The Bertz CT molecular complexity index is 5650. The van der Waals surface area contributed by atoms with E-state index in [2.05, 4.69) is 383 Å². The summed E-state index contributed by atoms with van der Waals surface area (Å²) in [7, 11) is 0. The highest BCUT2D eigenvalue weighted by Gasteiger charge is 2.54. The predicted molar refractivity (Wildman–Crippen MR) is 462 cm³/mol. The molecule has 3 nitrogen and oxygen atoms in total. The quantitative estimate of drug-likeness (QED) is 0.126. The van der Waals surface area contributed by atoms with Crippen LogP contribution in [-0.2, 0) is 27.1 Å². The van der Waals surface area contributed by atoms with Gasteiger partial charge in [-0.25, -0.2) is 0 Å². The van der Waals surface area contributed by atoms with Gasteiger partial charge in [0.1, 0.15) is 0 Å². The minimum absolute atomic E-state index is 0.00971. The summed E-state index contributed by atoms with van der Waals surface area (Å²) in [5.74, 6) is 2.19. The third kappa shape index (κ3) is 11.4. The number of benzene rings is 13. The molecule has 6 aliphatic rings. The van der Waals surface area contributed by atoms with Crippen molar-refractivity contribution in [1.82, 2.24) is 4.57 Å². The monoisotopic (exact) mass is 1400 g/mol. The van der Waals surface area contributed by atoms with Gasteiger partial charge in [-0.2, -0.15) is 0 Å². The first-order valence-corrected chi connectivity index (χ1v) is 39.9. The van der Waals surface area contributed by atoms with Gasteiger partial charge in [0, 0.05) is 61.5 Å². The highest BCUT2D eigenvalue weighted by atomic mass is 15.2. The van der Waals surface area contributed by atoms with Crippen LogP contribution >= 0.6 is 0 Å². The van der Waals surface area contributed by atoms with E-state index in [1.54, 1.807) is 0 Å². The number of anilines is 6. The van der Waals surface area contributed by atoms with Gasteiger partial charge in [0.2, 0.25) is 0 Å². The molecule has 3 heterocycles. The normalized spacial score (nSPS) is 18.0. The van der Waals surface area contributed by atoms with Gasteiger partial charge >= 0.3 is 0 Å². The van der Waals surface area contributed by atoms with Gasteiger partial charge in [0.05, 0.1) is 22.4 Å². The number of fused-ring (bicyclic) bond motifs is 7. The van der Waals surface area contributed by atoms with Crippen LogP contribution in [-0.4, -0.2) is 11.3 Å². The van der Waals surface area contributed by atoms with Crippen LogP contribution in [0.3, 0.4) is 0 Å². The Morgan fingerprint density at radius 2 is 0.676 bits per heavy atom. The van der Waals surface area contributed by atoms with Crippen molar-refractivity contribution in [2.75, 3.05) is 9.80 Å². The number of hydrogen-bond acceptors (Lipinski definition) is 2. The van der Waals surface area contributed by atoms with Crippen molar-refractivity contribution in [3.05, 3.63) is 313 Å². The van der Waals surface area contributed by atoms with E-state index in [4.69, 9.17) is 0 Å². The topological polar surface area (TPSA) is 11.4 Å². The third-order valence-electron chi connectivity index (χ3n) is 25.5. The Morgan fingerprint density at radius 3 is 1.10 bits per heavy atom. The van der Waals surface area contributed by atoms with Crippen molar-refractivity contribution in [3.63, 3.8) is 0 Å². The Morgan fingerprint density at radius 1 is 0.296 bits per heavy atom. The molecule has 1 aromatic heterocycles. The van der Waals surface area contributed by atoms with Gasteiger partial charge < -0.3 is 14.4 Å². The van der Waals surface area contributed by atoms with Gasteiger partial charge in [-0.3, -0.25) is 0 Å². The first kappa shape index (κ1) is 67.9. The number of aromatic nitrogens is 1. The summed E-state index contributed by atoms with van der Waals surface area (Å²) in [5.41, 5.74) is 35.8. The summed E-state index contributed by atoms with van der Waals surface area (Å²) in [4.78, 5) is 5.65. The lowest BCUT2D eigenvalue weighted by Crippen LogP contribution is -2.61. The maximum absolute atomic E-state index is 2.83. The lowest BCUT2D eigenvalue weighted by Gasteiger charge is -2.57. The Kier molecular flexibility index (Phi) is 15.9. The van der Waals surface area contributed by atoms with Crippen LogP contribution in [0, 0.1) is 17.8 Å². The van der Waals surface area contributed by atoms with E-state index >= 15 is 0 Å². The van der Waals surface area contributed by atoms with Crippen molar-refractivity contribution in [2.24, 2.45) is 17.8 Å². The third-order valence-corrected chi connectivity index (χ3v) is 25.5. The van der Waals surface area contributed by atoms with Crippen molar-refractivity contribution in [3.8, 4) is 72.4 Å². The van der Waals surface area contributed by atoms with Crippen molar-refractivity contribution >= 4 is 79.0 Å². The highest BCUT2D eigenvalue weighted by molar-refractivity contribution is 7.00. The van der Waals surface area contributed by atoms with Gasteiger partial charge in [-0.15, -0.1) is 0 Å². The Hall–Kier alpha value is -10.7. The number of rotatable bonds is 10. The average Bonchev–Trinajstić information content (AvgIpc) is 0.848. The smallest absolute Gasteiger partial charge is 0.252 e. The zero-order valence-corrected chi connectivity index (χ0v) is 65.0. The minimum Gasteiger partial charge on any atom is -0.310 e. The molecule has 4 fully saturated rings. The Labute approximate surface area is 641 Å². The molecule has 0 unspecified atom stereocenters. The zero-order valence-electron chi connectivity index (χ0n) is 65.0. The maximum atomic E-state index is 2.83. The molecule has 4 heteroatoms. The van der Waals surface area contributed by atoms with Crippen molar-refractivity contribution in [2.45, 2.75) is 149 Å². The summed E-state index contributed by atoms with van der Waals surface area (Å²) in [5, 5.41) is 2.59. The summed E-state index contributed by atoms with van der Waals surface area (Å²) in [6, 6.07) is 112. The second kappa shape index (κ2) is 25.2. The minimum atomic E-state index is -0.194. The second-order valence-corrected chi connectivity index (χ2v) is 36.8.